The van der Waals surface area contributed by atoms with Crippen LogP contribution in [0.25, 0.3) is 0 Å². The number of nitrogens with two attached hydrogens (primary N) is 1. The average Bonchev–Trinajstić information content (AvgIpc) is 2.74. The van der Waals surface area contributed by atoms with Crippen molar-refractivity contribution in [1.82, 2.24) is 0 Å². The molecule has 3 rings (SSSR count). The smallest absolute Gasteiger partial charge is 0.270 e. The molecule has 3 aromatic rings. The highest BCUT2D eigenvalue weighted by Crippen LogP contribution is 2.25. The lowest BCUT2D eigenvalue weighted by molar-refractivity contribution is -0.384. The summed E-state index contributed by atoms with van der Waals surface area (Å²) in [6.45, 7) is 1.57. The van der Waals surface area contributed by atoms with Gasteiger partial charge in [0.1, 0.15) is 0 Å². The van der Waals surface area contributed by atoms with Gasteiger partial charge in [-0.3, -0.25) is 19.7 Å². The van der Waals surface area contributed by atoms with Crippen molar-refractivity contribution in [3.63, 3.8) is 0 Å². The number of hydrogen-bond donors (Lipinski definition) is 3. The number of nitro groups is 1. The minimum Gasteiger partial charge on any atom is -0.322 e. The SMILES string of the molecule is Cc1ccc(NC(=O)c2ccccc2NC(=O)c2ccc([N+](=O)[O-])cc2Cl)cc1S(N)(=O)=O. The Bertz CT molecular complexity index is 1390. The maximum Gasteiger partial charge on any atom is 0.270 e. The summed E-state index contributed by atoms with van der Waals surface area (Å²) in [6.07, 6.45) is 0. The van der Waals surface area contributed by atoms with E-state index in [-0.39, 0.29) is 38.1 Å². The number of amides is 2. The molecular formula is C21H17ClN4O6S. The molecule has 12 heteroatoms. The first-order valence-electron chi connectivity index (χ1n) is 9.26. The highest BCUT2D eigenvalue weighted by atomic mass is 35.5. The van der Waals surface area contributed by atoms with Crippen LogP contribution < -0.4 is 15.8 Å². The number of benzene rings is 3. The Balaban J connectivity index is 1.86. The number of non-ortho nitro benzene ring substituents is 1. The van der Waals surface area contributed by atoms with Crippen LogP contribution in [-0.2, 0) is 10.0 Å². The molecular weight excluding hydrogens is 472 g/mol. The van der Waals surface area contributed by atoms with Crippen molar-refractivity contribution in [3.05, 3.63) is 92.5 Å². The topological polar surface area (TPSA) is 162 Å². The summed E-state index contributed by atoms with van der Waals surface area (Å²) in [5.74, 6) is -1.30. The van der Waals surface area contributed by atoms with E-state index in [1.54, 1.807) is 19.1 Å². The zero-order chi connectivity index (χ0) is 24.3. The molecule has 0 unspecified atom stereocenters. The molecule has 4 N–H and O–H groups in total. The number of nitro benzene ring substituents is 1. The van der Waals surface area contributed by atoms with Crippen LogP contribution in [0.3, 0.4) is 0 Å². The van der Waals surface area contributed by atoms with Crippen LogP contribution >= 0.6 is 11.6 Å². The molecule has 0 heterocycles. The number of para-hydroxylation sites is 1. The quantitative estimate of drug-likeness (QED) is 0.354. The standard InChI is InChI=1S/C21H17ClN4O6S/c1-12-6-7-13(10-19(12)33(23,31)32)24-21(28)16-4-2-3-5-18(16)25-20(27)15-9-8-14(26(29)30)11-17(15)22/h2-11H,1H3,(H,24,28)(H,25,27)(H2,23,31,32). The Morgan fingerprint density at radius 3 is 2.27 bits per heavy atom. The molecule has 2 amide bonds. The van der Waals surface area contributed by atoms with Crippen LogP contribution in [0.2, 0.25) is 5.02 Å². The normalized spacial score (nSPS) is 11.0. The molecule has 0 radical (unpaired) electrons. The molecule has 0 aliphatic heterocycles. The summed E-state index contributed by atoms with van der Waals surface area (Å²) in [6, 6.07) is 13.8. The lowest BCUT2D eigenvalue weighted by atomic mass is 10.1. The van der Waals surface area contributed by atoms with E-state index in [0.717, 1.165) is 12.1 Å². The third-order valence-corrected chi connectivity index (χ3v) is 5.95. The van der Waals surface area contributed by atoms with Gasteiger partial charge in [0.25, 0.3) is 17.5 Å². The first kappa shape index (κ1) is 23.9. The molecule has 0 aliphatic carbocycles. The second-order valence-corrected chi connectivity index (χ2v) is 8.84. The molecule has 0 aromatic heterocycles. The highest BCUT2D eigenvalue weighted by molar-refractivity contribution is 7.89. The molecule has 170 valence electrons. The summed E-state index contributed by atoms with van der Waals surface area (Å²) >= 11 is 6.00. The zero-order valence-electron chi connectivity index (χ0n) is 17.0. The number of aryl methyl sites for hydroxylation is 1. The summed E-state index contributed by atoms with van der Waals surface area (Å²) < 4.78 is 23.5. The monoisotopic (exact) mass is 488 g/mol. The van der Waals surface area contributed by atoms with Crippen molar-refractivity contribution in [2.45, 2.75) is 11.8 Å². The molecule has 0 atom stereocenters. The van der Waals surface area contributed by atoms with Crippen molar-refractivity contribution < 1.29 is 22.9 Å². The first-order valence-corrected chi connectivity index (χ1v) is 11.2. The van der Waals surface area contributed by atoms with Gasteiger partial charge in [0.2, 0.25) is 10.0 Å². The zero-order valence-corrected chi connectivity index (χ0v) is 18.6. The van der Waals surface area contributed by atoms with Crippen molar-refractivity contribution in [2.75, 3.05) is 10.6 Å². The Morgan fingerprint density at radius 1 is 0.970 bits per heavy atom. The molecule has 0 fully saturated rings. The molecule has 0 saturated carbocycles. The van der Waals surface area contributed by atoms with E-state index < -0.39 is 26.8 Å². The number of sulfonamides is 1. The molecule has 33 heavy (non-hydrogen) atoms. The summed E-state index contributed by atoms with van der Waals surface area (Å²) in [4.78, 5) is 35.6. The second-order valence-electron chi connectivity index (χ2n) is 6.90. The molecule has 0 aliphatic rings. The van der Waals surface area contributed by atoms with E-state index in [9.17, 15) is 28.1 Å². The number of anilines is 2. The van der Waals surface area contributed by atoms with Crippen molar-refractivity contribution in [2.24, 2.45) is 5.14 Å². The van der Waals surface area contributed by atoms with Crippen molar-refractivity contribution in [1.29, 1.82) is 0 Å². The van der Waals surface area contributed by atoms with Crippen LogP contribution in [0.15, 0.2) is 65.6 Å². The minimum absolute atomic E-state index is 0.0196. The van der Waals surface area contributed by atoms with Gasteiger partial charge in [-0.2, -0.15) is 0 Å². The van der Waals surface area contributed by atoms with E-state index in [1.165, 1.54) is 36.4 Å². The molecule has 3 aromatic carbocycles. The van der Waals surface area contributed by atoms with Gasteiger partial charge in [-0.25, -0.2) is 13.6 Å². The number of rotatable bonds is 6. The Morgan fingerprint density at radius 2 is 1.64 bits per heavy atom. The number of hydrogen-bond acceptors (Lipinski definition) is 6. The van der Waals surface area contributed by atoms with Crippen LogP contribution in [0.4, 0.5) is 17.1 Å². The predicted octanol–water partition coefficient (Wildman–Crippen LogP) is 3.71. The van der Waals surface area contributed by atoms with E-state index in [1.807, 2.05) is 0 Å². The van der Waals surface area contributed by atoms with Crippen LogP contribution in [0.1, 0.15) is 26.3 Å². The van der Waals surface area contributed by atoms with Gasteiger partial charge in [-0.1, -0.05) is 29.8 Å². The molecule has 0 spiro atoms. The summed E-state index contributed by atoms with van der Waals surface area (Å²) in [5, 5.41) is 21.1. The Labute approximate surface area is 193 Å². The van der Waals surface area contributed by atoms with Crippen LogP contribution in [-0.4, -0.2) is 25.2 Å². The fraction of sp³-hybridized carbons (Fsp3) is 0.0476. The summed E-state index contributed by atoms with van der Waals surface area (Å²) in [5.41, 5.74) is 0.550. The number of halogens is 1. The average molecular weight is 489 g/mol. The van der Waals surface area contributed by atoms with Crippen molar-refractivity contribution >= 4 is 50.5 Å². The van der Waals surface area contributed by atoms with Gasteiger partial charge in [-0.05, 0) is 42.8 Å². The minimum atomic E-state index is -3.99. The lowest BCUT2D eigenvalue weighted by Gasteiger charge is -2.13. The fourth-order valence-electron chi connectivity index (χ4n) is 2.96. The Kier molecular flexibility index (Phi) is 6.77. The third kappa shape index (κ3) is 5.52. The lowest BCUT2D eigenvalue weighted by Crippen LogP contribution is -2.19. The van der Waals surface area contributed by atoms with Gasteiger partial charge >= 0.3 is 0 Å². The summed E-state index contributed by atoms with van der Waals surface area (Å²) in [7, 11) is -3.99. The van der Waals surface area contributed by atoms with E-state index >= 15 is 0 Å². The van der Waals surface area contributed by atoms with Crippen LogP contribution in [0, 0.1) is 17.0 Å². The molecule has 0 bridgehead atoms. The second kappa shape index (κ2) is 9.36. The van der Waals surface area contributed by atoms with Gasteiger partial charge < -0.3 is 10.6 Å². The van der Waals surface area contributed by atoms with Crippen molar-refractivity contribution in [3.8, 4) is 0 Å². The maximum absolute atomic E-state index is 12.8. The van der Waals surface area contributed by atoms with E-state index in [4.69, 9.17) is 16.7 Å². The first-order chi connectivity index (χ1) is 15.5. The highest BCUT2D eigenvalue weighted by Gasteiger charge is 2.19. The largest absolute Gasteiger partial charge is 0.322 e. The predicted molar refractivity (Wildman–Crippen MR) is 123 cm³/mol. The Hall–Kier alpha value is -3.80. The van der Waals surface area contributed by atoms with E-state index in [0.29, 0.717) is 5.56 Å². The number of carbonyl (C=O) groups excluding carboxylic acids is 2. The van der Waals surface area contributed by atoms with Crippen LogP contribution in [0.5, 0.6) is 0 Å². The molecule has 10 nitrogen and oxygen atoms in total. The maximum atomic E-state index is 12.8. The van der Waals surface area contributed by atoms with Gasteiger partial charge in [-0.15, -0.1) is 0 Å². The fourth-order valence-corrected chi connectivity index (χ4v) is 4.03. The van der Waals surface area contributed by atoms with Gasteiger partial charge in [0.05, 0.1) is 31.7 Å². The van der Waals surface area contributed by atoms with Gasteiger partial charge in [0.15, 0.2) is 0 Å². The van der Waals surface area contributed by atoms with E-state index in [2.05, 4.69) is 10.6 Å². The van der Waals surface area contributed by atoms with Gasteiger partial charge in [0, 0.05) is 17.8 Å². The number of carbonyl (C=O) groups is 2. The number of nitrogens with one attached hydrogen (secondary N) is 2. The number of nitrogens with zero attached hydrogens (tertiary/aromatic N) is 1. The third-order valence-electron chi connectivity index (χ3n) is 4.58. The molecule has 0 saturated heterocycles. The number of primary sulfonamides is 1.